The molecule has 0 spiro atoms. The molecule has 2 N–H and O–H groups in total. The molecule has 24 heavy (non-hydrogen) atoms. The van der Waals surface area contributed by atoms with Crippen LogP contribution in [0.5, 0.6) is 0 Å². The van der Waals surface area contributed by atoms with Crippen LogP contribution in [0.15, 0.2) is 0 Å². The second kappa shape index (κ2) is 56.3. The summed E-state index contributed by atoms with van der Waals surface area (Å²) in [6.45, 7) is 3.64. The maximum atomic E-state index is 8.89. The van der Waals surface area contributed by atoms with Crippen LogP contribution >= 0.6 is 0 Å². The molecule has 0 radical (unpaired) electrons. The van der Waals surface area contributed by atoms with Gasteiger partial charge in [0.05, 0.1) is 13.2 Å². The number of rotatable bonds is 1. The maximum absolute atomic E-state index is 8.89. The van der Waals surface area contributed by atoms with E-state index in [-0.39, 0.29) is 131 Å². The SMILES string of the molecule is CC(=O)[O-].CC(=O)[O-].CC(=O)[O-].CC(=O)[O-].OCCO.[Na+].[Na+].[Na+].[Na+]. The molecule has 0 aliphatic heterocycles. The standard InChI is InChI=1S/4C2H4O2.C2H6O2.4Na/c4*1-2(3)4;3-1-2-4;;;;/h4*1H3,(H,3,4);3-4H,1-2H2;;;;/q;;;;;4*+1/p-4. The van der Waals surface area contributed by atoms with Gasteiger partial charge in [0.1, 0.15) is 0 Å². The summed E-state index contributed by atoms with van der Waals surface area (Å²) in [4.78, 5) is 35.6. The molecule has 0 saturated carbocycles. The molecule has 0 aliphatic rings. The fourth-order valence-electron chi connectivity index (χ4n) is 0. The largest absolute Gasteiger partial charge is 1.00 e. The van der Waals surface area contributed by atoms with E-state index >= 15 is 0 Å². The molecule has 0 heterocycles. The first kappa shape index (κ1) is 56.2. The molecule has 0 atom stereocenters. The molecule has 0 aliphatic carbocycles. The molecule has 0 aromatic heterocycles. The van der Waals surface area contributed by atoms with Crippen LogP contribution in [-0.4, -0.2) is 47.3 Å². The van der Waals surface area contributed by atoms with Crippen molar-refractivity contribution in [1.29, 1.82) is 0 Å². The first-order valence-corrected chi connectivity index (χ1v) is 4.77. The number of carboxylic acid groups (broad SMARTS) is 4. The van der Waals surface area contributed by atoms with Crippen LogP contribution in [-0.2, 0) is 19.2 Å². The van der Waals surface area contributed by atoms with E-state index < -0.39 is 23.9 Å². The van der Waals surface area contributed by atoms with Crippen molar-refractivity contribution in [3.63, 3.8) is 0 Å². The smallest absolute Gasteiger partial charge is 0.550 e. The fourth-order valence-corrected chi connectivity index (χ4v) is 0. The van der Waals surface area contributed by atoms with Crippen LogP contribution in [0, 0.1) is 0 Å². The van der Waals surface area contributed by atoms with Gasteiger partial charge in [-0.15, -0.1) is 0 Å². The summed E-state index contributed by atoms with van der Waals surface area (Å²) in [5.41, 5.74) is 0. The Morgan fingerprint density at radius 3 is 0.583 bits per heavy atom. The number of carbonyl (C=O) groups is 4. The van der Waals surface area contributed by atoms with Crippen LogP contribution in [0.1, 0.15) is 27.7 Å². The van der Waals surface area contributed by atoms with Gasteiger partial charge in [-0.2, -0.15) is 0 Å². The Hall–Kier alpha value is 1.80. The Morgan fingerprint density at radius 2 is 0.583 bits per heavy atom. The van der Waals surface area contributed by atoms with Crippen molar-refractivity contribution in [3.05, 3.63) is 0 Å². The number of carboxylic acids is 4. The van der Waals surface area contributed by atoms with Gasteiger partial charge in [-0.3, -0.25) is 0 Å². The normalized spacial score (nSPS) is 5.42. The van der Waals surface area contributed by atoms with Gasteiger partial charge in [0, 0.05) is 23.9 Å². The van der Waals surface area contributed by atoms with E-state index in [1.807, 2.05) is 0 Å². The monoisotopic (exact) mass is 390 g/mol. The van der Waals surface area contributed by atoms with Gasteiger partial charge < -0.3 is 49.8 Å². The van der Waals surface area contributed by atoms with Gasteiger partial charge in [0.15, 0.2) is 0 Å². The molecule has 0 amide bonds. The van der Waals surface area contributed by atoms with Gasteiger partial charge in [-0.1, -0.05) is 0 Å². The van der Waals surface area contributed by atoms with E-state index in [2.05, 4.69) is 0 Å². The molecule has 0 aromatic carbocycles. The van der Waals surface area contributed by atoms with Crippen LogP contribution in [0.4, 0.5) is 0 Å². The summed E-state index contributed by atoms with van der Waals surface area (Å²) in [7, 11) is 0. The van der Waals surface area contributed by atoms with Gasteiger partial charge in [-0.05, 0) is 27.7 Å². The Kier molecular flexibility index (Phi) is 132. The molecule has 0 saturated heterocycles. The van der Waals surface area contributed by atoms with Crippen molar-refractivity contribution in [1.82, 2.24) is 0 Å². The van der Waals surface area contributed by atoms with Gasteiger partial charge in [-0.25, -0.2) is 0 Å². The van der Waals surface area contributed by atoms with E-state index in [0.717, 1.165) is 27.7 Å². The van der Waals surface area contributed by atoms with Crippen molar-refractivity contribution in [2.45, 2.75) is 27.7 Å². The van der Waals surface area contributed by atoms with E-state index in [1.165, 1.54) is 0 Å². The number of aliphatic carboxylic acids is 4. The number of aliphatic hydroxyl groups excluding tert-OH is 2. The van der Waals surface area contributed by atoms with Crippen molar-refractivity contribution in [2.24, 2.45) is 0 Å². The summed E-state index contributed by atoms with van der Waals surface area (Å²) < 4.78 is 0. The van der Waals surface area contributed by atoms with Crippen LogP contribution in [0.3, 0.4) is 0 Å². The van der Waals surface area contributed by atoms with Gasteiger partial charge in [0.25, 0.3) is 0 Å². The zero-order valence-corrected chi connectivity index (χ0v) is 23.6. The molecule has 0 unspecified atom stereocenters. The Morgan fingerprint density at radius 1 is 0.542 bits per heavy atom. The van der Waals surface area contributed by atoms with E-state index in [0.29, 0.717) is 0 Å². The predicted octanol–water partition coefficient (Wildman–Crippen LogP) is -18.0. The third-order valence-electron chi connectivity index (χ3n) is 0.1000. The zero-order valence-electron chi connectivity index (χ0n) is 15.6. The van der Waals surface area contributed by atoms with Crippen LogP contribution in [0.2, 0.25) is 0 Å². The maximum Gasteiger partial charge on any atom is 1.00 e. The fraction of sp³-hybridized carbons (Fsp3) is 0.600. The predicted molar refractivity (Wildman–Crippen MR) is 56.9 cm³/mol. The second-order valence-corrected chi connectivity index (χ2v) is 2.41. The minimum absolute atomic E-state index is 0. The topological polar surface area (TPSA) is 201 Å². The van der Waals surface area contributed by atoms with Crippen molar-refractivity contribution in [2.75, 3.05) is 13.2 Å². The molecule has 10 nitrogen and oxygen atoms in total. The summed E-state index contributed by atoms with van der Waals surface area (Å²) in [5.74, 6) is -4.33. The minimum atomic E-state index is -1.08. The Balaban J connectivity index is -0.0000000161. The van der Waals surface area contributed by atoms with E-state index in [4.69, 9.17) is 49.8 Å². The van der Waals surface area contributed by atoms with Crippen LogP contribution < -0.4 is 139 Å². The Bertz CT molecular complexity index is 198. The first-order valence-electron chi connectivity index (χ1n) is 4.77. The molecule has 0 fully saturated rings. The molecule has 122 valence electrons. The summed E-state index contributed by atoms with van der Waals surface area (Å²) in [5, 5.41) is 50.8. The summed E-state index contributed by atoms with van der Waals surface area (Å²) >= 11 is 0. The molecule has 0 aromatic rings. The van der Waals surface area contributed by atoms with E-state index in [9.17, 15) is 0 Å². The second-order valence-electron chi connectivity index (χ2n) is 2.41. The number of hydrogen-bond donors (Lipinski definition) is 2. The zero-order chi connectivity index (χ0) is 17.7. The van der Waals surface area contributed by atoms with Crippen LogP contribution in [0.25, 0.3) is 0 Å². The van der Waals surface area contributed by atoms with Crippen molar-refractivity contribution < 1.29 is 168 Å². The Labute approximate surface area is 229 Å². The number of aliphatic hydroxyl groups is 2. The molecular weight excluding hydrogens is 372 g/mol. The molecule has 0 bridgehead atoms. The number of carbonyl (C=O) groups excluding carboxylic acids is 4. The average Bonchev–Trinajstić information content (AvgIpc) is 2.13. The average molecular weight is 390 g/mol. The summed E-state index contributed by atoms with van der Waals surface area (Å²) in [6, 6.07) is 0. The van der Waals surface area contributed by atoms with Gasteiger partial charge in [0.2, 0.25) is 0 Å². The third-order valence-corrected chi connectivity index (χ3v) is 0.1000. The molecular formula is C10H18Na4O10. The minimum Gasteiger partial charge on any atom is -0.550 e. The quantitative estimate of drug-likeness (QED) is 0.405. The molecule has 0 rings (SSSR count). The molecule has 14 heteroatoms. The van der Waals surface area contributed by atoms with Gasteiger partial charge >= 0.3 is 118 Å². The summed E-state index contributed by atoms with van der Waals surface area (Å²) in [6.07, 6.45) is 0. The third kappa shape index (κ3) is 1580. The van der Waals surface area contributed by atoms with Crippen molar-refractivity contribution >= 4 is 23.9 Å². The van der Waals surface area contributed by atoms with Crippen molar-refractivity contribution in [3.8, 4) is 0 Å². The van der Waals surface area contributed by atoms with E-state index in [1.54, 1.807) is 0 Å². The first-order chi connectivity index (χ1) is 8.84. The number of hydrogen-bond acceptors (Lipinski definition) is 10.